The highest BCUT2D eigenvalue weighted by atomic mass is 16.2. The minimum absolute atomic E-state index is 0.300. The molecule has 1 saturated heterocycles. The van der Waals surface area contributed by atoms with Gasteiger partial charge in [0.1, 0.15) is 0 Å². The number of imide groups is 1. The number of likely N-dealkylation sites (tertiary alicyclic amines) is 1. The van der Waals surface area contributed by atoms with Crippen molar-refractivity contribution in [3.05, 3.63) is 0 Å². The van der Waals surface area contributed by atoms with Gasteiger partial charge in [-0.3, -0.25) is 10.1 Å². The molecule has 0 radical (unpaired) electrons. The van der Waals surface area contributed by atoms with Crippen molar-refractivity contribution in [3.8, 4) is 0 Å². The molecule has 98 valence electrons. The van der Waals surface area contributed by atoms with Gasteiger partial charge >= 0.3 is 6.03 Å². The van der Waals surface area contributed by atoms with Gasteiger partial charge in [0, 0.05) is 20.1 Å². The maximum Gasteiger partial charge on any atom is 0.321 e. The Bertz CT molecular complexity index is 264. The van der Waals surface area contributed by atoms with Gasteiger partial charge in [0.25, 0.3) is 0 Å². The van der Waals surface area contributed by atoms with Crippen LogP contribution in [0.5, 0.6) is 0 Å². The second kappa shape index (κ2) is 7.24. The van der Waals surface area contributed by atoms with Gasteiger partial charge in [-0.1, -0.05) is 0 Å². The zero-order valence-electron chi connectivity index (χ0n) is 10.6. The van der Waals surface area contributed by atoms with Gasteiger partial charge in [-0.2, -0.15) is 0 Å². The minimum atomic E-state index is -0.469. The zero-order chi connectivity index (χ0) is 12.7. The molecule has 0 aromatic heterocycles. The van der Waals surface area contributed by atoms with Crippen molar-refractivity contribution in [3.63, 3.8) is 0 Å². The van der Waals surface area contributed by atoms with Gasteiger partial charge < -0.3 is 15.5 Å². The molecule has 0 saturated carbocycles. The summed E-state index contributed by atoms with van der Waals surface area (Å²) in [5, 5.41) is 7.69. The van der Waals surface area contributed by atoms with Gasteiger partial charge in [-0.15, -0.1) is 0 Å². The fourth-order valence-corrected chi connectivity index (χ4v) is 1.82. The molecule has 1 heterocycles. The van der Waals surface area contributed by atoms with Crippen LogP contribution in [0.3, 0.4) is 0 Å². The van der Waals surface area contributed by atoms with Crippen LogP contribution < -0.4 is 16.0 Å². The fourth-order valence-electron chi connectivity index (χ4n) is 1.82. The fraction of sp³-hybridized carbons (Fsp3) is 0.818. The Kier molecular flexibility index (Phi) is 5.93. The van der Waals surface area contributed by atoms with Crippen LogP contribution in [-0.4, -0.2) is 56.1 Å². The molecule has 1 unspecified atom stereocenters. The van der Waals surface area contributed by atoms with Crippen LogP contribution in [0.25, 0.3) is 0 Å². The number of carbonyl (C=O) groups is 2. The van der Waals surface area contributed by atoms with Gasteiger partial charge in [-0.05, 0) is 32.9 Å². The van der Waals surface area contributed by atoms with Crippen molar-refractivity contribution in [1.29, 1.82) is 0 Å². The third-order valence-corrected chi connectivity index (χ3v) is 2.93. The van der Waals surface area contributed by atoms with Crippen molar-refractivity contribution >= 4 is 11.9 Å². The van der Waals surface area contributed by atoms with Crippen LogP contribution in [0.4, 0.5) is 4.79 Å². The molecule has 1 aliphatic heterocycles. The molecule has 0 bridgehead atoms. The number of nitrogens with zero attached hydrogens (tertiary/aromatic N) is 1. The van der Waals surface area contributed by atoms with Crippen LogP contribution in [0.2, 0.25) is 0 Å². The predicted octanol–water partition coefficient (Wildman–Crippen LogP) is -0.484. The molecular weight excluding hydrogens is 220 g/mol. The molecular formula is C11H22N4O2. The quantitative estimate of drug-likeness (QED) is 0.608. The smallest absolute Gasteiger partial charge is 0.321 e. The van der Waals surface area contributed by atoms with Gasteiger partial charge in [0.05, 0.1) is 6.04 Å². The van der Waals surface area contributed by atoms with E-state index in [4.69, 9.17) is 0 Å². The summed E-state index contributed by atoms with van der Waals surface area (Å²) in [6.45, 7) is 5.78. The highest BCUT2D eigenvalue weighted by molar-refractivity contribution is 5.96. The second-order valence-electron chi connectivity index (χ2n) is 4.29. The Labute approximate surface area is 102 Å². The lowest BCUT2D eigenvalue weighted by atomic mass is 10.3. The Morgan fingerprint density at radius 3 is 2.53 bits per heavy atom. The van der Waals surface area contributed by atoms with Gasteiger partial charge in [0.15, 0.2) is 0 Å². The van der Waals surface area contributed by atoms with E-state index in [2.05, 4.69) is 20.9 Å². The molecule has 1 aliphatic rings. The summed E-state index contributed by atoms with van der Waals surface area (Å²) in [6.07, 6.45) is 2.54. The number of carbonyl (C=O) groups excluding carboxylic acids is 2. The SMILES string of the molecule is CNC(=O)NC(=O)C(C)NCCN1CCCC1. The number of nitrogens with one attached hydrogen (secondary N) is 3. The first-order valence-electron chi connectivity index (χ1n) is 6.12. The van der Waals surface area contributed by atoms with E-state index >= 15 is 0 Å². The van der Waals surface area contributed by atoms with Crippen molar-refractivity contribution in [2.75, 3.05) is 33.2 Å². The predicted molar refractivity (Wildman–Crippen MR) is 65.7 cm³/mol. The molecule has 1 atom stereocenters. The number of rotatable bonds is 5. The lowest BCUT2D eigenvalue weighted by Crippen LogP contribution is -2.48. The summed E-state index contributed by atoms with van der Waals surface area (Å²) in [5.41, 5.74) is 0. The Morgan fingerprint density at radius 2 is 1.94 bits per heavy atom. The first-order valence-corrected chi connectivity index (χ1v) is 6.12. The number of hydrogen-bond acceptors (Lipinski definition) is 4. The van der Waals surface area contributed by atoms with E-state index in [1.807, 2.05) is 0 Å². The normalized spacial score (nSPS) is 17.8. The van der Waals surface area contributed by atoms with Crippen LogP contribution in [0.1, 0.15) is 19.8 Å². The maximum absolute atomic E-state index is 11.5. The van der Waals surface area contributed by atoms with Crippen LogP contribution in [-0.2, 0) is 4.79 Å². The summed E-state index contributed by atoms with van der Waals surface area (Å²) in [7, 11) is 1.48. The molecule has 1 fully saturated rings. The standard InChI is InChI=1S/C11H22N4O2/c1-9(10(16)14-11(17)12-2)13-5-8-15-6-3-4-7-15/h9,13H,3-8H2,1-2H3,(H2,12,14,16,17). The molecule has 3 N–H and O–H groups in total. The maximum atomic E-state index is 11.5. The molecule has 0 aliphatic carbocycles. The molecule has 17 heavy (non-hydrogen) atoms. The molecule has 0 aromatic rings. The second-order valence-corrected chi connectivity index (χ2v) is 4.29. The summed E-state index contributed by atoms with van der Waals surface area (Å²) in [5.74, 6) is -0.300. The summed E-state index contributed by atoms with van der Waals surface area (Å²) >= 11 is 0. The van der Waals surface area contributed by atoms with Crippen LogP contribution in [0, 0.1) is 0 Å². The molecule has 0 aromatic carbocycles. The van der Waals surface area contributed by atoms with E-state index in [-0.39, 0.29) is 11.9 Å². The highest BCUT2D eigenvalue weighted by Crippen LogP contribution is 2.05. The monoisotopic (exact) mass is 242 g/mol. The van der Waals surface area contributed by atoms with Crippen LogP contribution in [0.15, 0.2) is 0 Å². The third kappa shape index (κ3) is 5.14. The molecule has 6 nitrogen and oxygen atoms in total. The van der Waals surface area contributed by atoms with Gasteiger partial charge in [0.2, 0.25) is 5.91 Å². The van der Waals surface area contributed by atoms with E-state index in [1.54, 1.807) is 6.92 Å². The van der Waals surface area contributed by atoms with Crippen molar-refractivity contribution in [2.45, 2.75) is 25.8 Å². The summed E-state index contributed by atoms with van der Waals surface area (Å²) in [6, 6.07) is -0.821. The molecule has 6 heteroatoms. The van der Waals surface area contributed by atoms with E-state index in [9.17, 15) is 9.59 Å². The number of amides is 3. The van der Waals surface area contributed by atoms with Crippen molar-refractivity contribution in [2.24, 2.45) is 0 Å². The number of hydrogen-bond donors (Lipinski definition) is 3. The average Bonchev–Trinajstić information content (AvgIpc) is 2.81. The summed E-state index contributed by atoms with van der Waals surface area (Å²) < 4.78 is 0. The highest BCUT2D eigenvalue weighted by Gasteiger charge is 2.15. The molecule has 3 amide bonds. The third-order valence-electron chi connectivity index (χ3n) is 2.93. The Morgan fingerprint density at radius 1 is 1.29 bits per heavy atom. The largest absolute Gasteiger partial charge is 0.341 e. The molecule has 1 rings (SSSR count). The first-order chi connectivity index (χ1) is 8.13. The minimum Gasteiger partial charge on any atom is -0.341 e. The summed E-state index contributed by atoms with van der Waals surface area (Å²) in [4.78, 5) is 24.8. The lowest BCUT2D eigenvalue weighted by molar-refractivity contribution is -0.121. The lowest BCUT2D eigenvalue weighted by Gasteiger charge is -2.17. The van der Waals surface area contributed by atoms with E-state index in [0.29, 0.717) is 0 Å². The van der Waals surface area contributed by atoms with Gasteiger partial charge in [-0.25, -0.2) is 4.79 Å². The molecule has 0 spiro atoms. The van der Waals surface area contributed by atoms with E-state index in [1.165, 1.54) is 19.9 Å². The van der Waals surface area contributed by atoms with Crippen molar-refractivity contribution in [1.82, 2.24) is 20.9 Å². The Hall–Kier alpha value is -1.14. The Balaban J connectivity index is 2.12. The van der Waals surface area contributed by atoms with Crippen LogP contribution >= 0.6 is 0 Å². The van der Waals surface area contributed by atoms with Crippen molar-refractivity contribution < 1.29 is 9.59 Å². The zero-order valence-corrected chi connectivity index (χ0v) is 10.6. The first kappa shape index (κ1) is 13.9. The van der Waals surface area contributed by atoms with E-state index in [0.717, 1.165) is 26.2 Å². The average molecular weight is 242 g/mol. The topological polar surface area (TPSA) is 73.5 Å². The van der Waals surface area contributed by atoms with E-state index < -0.39 is 6.03 Å². The number of urea groups is 1.